The normalized spacial score (nSPS) is 19.0. The molecule has 0 bridgehead atoms. The van der Waals surface area contributed by atoms with Crippen molar-refractivity contribution in [1.82, 2.24) is 9.80 Å². The first kappa shape index (κ1) is 20.2. The van der Waals surface area contributed by atoms with Crippen LogP contribution in [0.5, 0.6) is 0 Å². The van der Waals surface area contributed by atoms with E-state index >= 15 is 0 Å². The summed E-state index contributed by atoms with van der Waals surface area (Å²) in [7, 11) is 1.31. The Bertz CT molecular complexity index is 855. The first-order valence-electron chi connectivity index (χ1n) is 9.09. The van der Waals surface area contributed by atoms with E-state index in [2.05, 4.69) is 23.7 Å². The molecule has 0 radical (unpaired) electrons. The number of thiocarbonyl (C=S) groups is 1. The zero-order valence-corrected chi connectivity index (χ0v) is 16.9. The van der Waals surface area contributed by atoms with Crippen LogP contribution in [0.1, 0.15) is 19.6 Å². The summed E-state index contributed by atoms with van der Waals surface area (Å²) < 4.78 is 10.2. The van der Waals surface area contributed by atoms with Gasteiger partial charge in [0, 0.05) is 19.1 Å². The minimum absolute atomic E-state index is 0.131. The third-order valence-electron chi connectivity index (χ3n) is 4.78. The summed E-state index contributed by atoms with van der Waals surface area (Å²) in [5, 5.41) is 0.216. The topological polar surface area (TPSA) is 75.3 Å². The number of nitrogens with zero attached hydrogens (tertiary/aromatic N) is 3. The van der Waals surface area contributed by atoms with Gasteiger partial charge in [0.15, 0.2) is 0 Å². The quantitative estimate of drug-likeness (QED) is 0.516. The number of allylic oxidation sites excluding steroid dienone is 1. The van der Waals surface area contributed by atoms with Crippen LogP contribution in [0.4, 0.5) is 0 Å². The van der Waals surface area contributed by atoms with E-state index in [1.165, 1.54) is 12.0 Å². The Morgan fingerprint density at radius 1 is 1.46 bits per heavy atom. The Morgan fingerprint density at radius 2 is 2.25 bits per heavy atom. The lowest BCUT2D eigenvalue weighted by Crippen LogP contribution is -2.49. The number of furan rings is 1. The maximum atomic E-state index is 12.9. The third kappa shape index (κ3) is 4.28. The molecular formula is C20H23N3O4S. The summed E-state index contributed by atoms with van der Waals surface area (Å²) in [5.41, 5.74) is 0.830. The molecule has 2 aliphatic rings. The molecule has 0 aromatic carbocycles. The van der Waals surface area contributed by atoms with E-state index in [4.69, 9.17) is 21.4 Å². The summed E-state index contributed by atoms with van der Waals surface area (Å²) in [5.74, 6) is -0.258. The Hall–Kier alpha value is -2.58. The highest BCUT2D eigenvalue weighted by molar-refractivity contribution is 7.80. The lowest BCUT2D eigenvalue weighted by atomic mass is 9.92. The van der Waals surface area contributed by atoms with Gasteiger partial charge in [0.25, 0.3) is 0 Å². The zero-order valence-electron chi connectivity index (χ0n) is 16.1. The van der Waals surface area contributed by atoms with Crippen molar-refractivity contribution in [2.75, 3.05) is 20.2 Å². The summed E-state index contributed by atoms with van der Waals surface area (Å²) in [4.78, 5) is 32.8. The Morgan fingerprint density at radius 3 is 2.89 bits per heavy atom. The van der Waals surface area contributed by atoms with Gasteiger partial charge in [-0.1, -0.05) is 12.2 Å². The van der Waals surface area contributed by atoms with Gasteiger partial charge in [0.05, 0.1) is 37.1 Å². The molecule has 0 fully saturated rings. The van der Waals surface area contributed by atoms with Gasteiger partial charge in [-0.15, -0.1) is 0 Å². The van der Waals surface area contributed by atoms with E-state index in [9.17, 15) is 9.59 Å². The maximum absolute atomic E-state index is 12.9. The number of aliphatic imine (C=N–C) groups is 1. The van der Waals surface area contributed by atoms with Crippen LogP contribution < -0.4 is 0 Å². The van der Waals surface area contributed by atoms with Crippen LogP contribution in [-0.2, 0) is 20.9 Å². The van der Waals surface area contributed by atoms with Gasteiger partial charge < -0.3 is 9.15 Å². The monoisotopic (exact) mass is 401 g/mol. The van der Waals surface area contributed by atoms with E-state index in [0.29, 0.717) is 30.9 Å². The van der Waals surface area contributed by atoms with E-state index < -0.39 is 11.9 Å². The van der Waals surface area contributed by atoms with E-state index in [1.807, 2.05) is 12.1 Å². The molecule has 1 unspecified atom stereocenters. The fraction of sp³-hybridized carbons (Fsp3) is 0.400. The van der Waals surface area contributed by atoms with Gasteiger partial charge in [-0.3, -0.25) is 14.6 Å². The number of hydrogen-bond donors (Lipinski definition) is 0. The molecule has 0 spiro atoms. The molecule has 1 amide bonds. The van der Waals surface area contributed by atoms with Crippen molar-refractivity contribution in [2.45, 2.75) is 26.4 Å². The largest absolute Gasteiger partial charge is 0.468 e. The molecule has 3 rings (SSSR count). The van der Waals surface area contributed by atoms with Crippen LogP contribution in [0, 0.1) is 5.92 Å². The number of methoxy groups -OCH3 is 1. The molecule has 2 heterocycles. The Balaban J connectivity index is 1.70. The molecule has 1 aromatic rings. The molecule has 1 aromatic heterocycles. The van der Waals surface area contributed by atoms with Crippen LogP contribution in [0.3, 0.4) is 0 Å². The number of carbonyl (C=O) groups is 2. The number of hydrogen-bond acceptors (Lipinski definition) is 6. The van der Waals surface area contributed by atoms with Crippen LogP contribution in [0.25, 0.3) is 0 Å². The van der Waals surface area contributed by atoms with Gasteiger partial charge in [-0.2, -0.15) is 0 Å². The average Bonchev–Trinajstić information content (AvgIpc) is 3.18. The molecule has 148 valence electrons. The molecule has 0 saturated carbocycles. The third-order valence-corrected chi connectivity index (χ3v) is 5.09. The van der Waals surface area contributed by atoms with Crippen molar-refractivity contribution in [3.05, 3.63) is 48.0 Å². The summed E-state index contributed by atoms with van der Waals surface area (Å²) in [6.45, 7) is 5.92. The lowest BCUT2D eigenvalue weighted by molar-refractivity contribution is -0.135. The first-order chi connectivity index (χ1) is 13.4. The minimum Gasteiger partial charge on any atom is -0.468 e. The highest BCUT2D eigenvalue weighted by Crippen LogP contribution is 2.23. The van der Waals surface area contributed by atoms with Crippen LogP contribution >= 0.6 is 12.2 Å². The molecule has 28 heavy (non-hydrogen) atoms. The van der Waals surface area contributed by atoms with E-state index in [-0.39, 0.29) is 17.1 Å². The molecule has 1 aliphatic heterocycles. The average molecular weight is 401 g/mol. The molecule has 1 atom stereocenters. The number of esters is 1. The number of ether oxygens (including phenoxy) is 1. The van der Waals surface area contributed by atoms with E-state index in [0.717, 1.165) is 5.76 Å². The molecule has 0 N–H and O–H groups in total. The van der Waals surface area contributed by atoms with Crippen molar-refractivity contribution >= 4 is 34.9 Å². The SMILES string of the molecule is COC(=O)C1=CC2=NC(=S)N(CCN(Cc3ccco3)C(C)C)C(=O)C2C=C1. The number of carbonyl (C=O) groups excluding carboxylic acids is 2. The number of rotatable bonds is 7. The van der Waals surface area contributed by atoms with Crippen molar-refractivity contribution in [1.29, 1.82) is 0 Å². The fourth-order valence-electron chi connectivity index (χ4n) is 3.14. The van der Waals surface area contributed by atoms with Crippen LogP contribution in [0.2, 0.25) is 0 Å². The zero-order chi connectivity index (χ0) is 20.3. The smallest absolute Gasteiger partial charge is 0.337 e. The summed E-state index contributed by atoms with van der Waals surface area (Å²) >= 11 is 5.35. The van der Waals surface area contributed by atoms with Crippen molar-refractivity contribution < 1.29 is 18.7 Å². The number of fused-ring (bicyclic) bond motifs is 1. The summed E-state index contributed by atoms with van der Waals surface area (Å²) in [6.07, 6.45) is 6.48. The van der Waals surface area contributed by atoms with Crippen LogP contribution in [0.15, 0.2) is 51.6 Å². The van der Waals surface area contributed by atoms with Crippen molar-refractivity contribution in [2.24, 2.45) is 10.9 Å². The van der Waals surface area contributed by atoms with Gasteiger partial charge in [-0.05, 0) is 44.3 Å². The Labute approximate surface area is 169 Å². The second kappa shape index (κ2) is 8.62. The van der Waals surface area contributed by atoms with Crippen molar-refractivity contribution in [3.63, 3.8) is 0 Å². The highest BCUT2D eigenvalue weighted by atomic mass is 32.1. The molecule has 8 heteroatoms. The van der Waals surface area contributed by atoms with Crippen LogP contribution in [-0.4, -0.2) is 58.7 Å². The minimum atomic E-state index is -0.530. The first-order valence-corrected chi connectivity index (χ1v) is 9.50. The highest BCUT2D eigenvalue weighted by Gasteiger charge is 2.35. The summed E-state index contributed by atoms with van der Waals surface area (Å²) in [6, 6.07) is 4.07. The second-order valence-corrected chi connectivity index (χ2v) is 7.25. The molecule has 7 nitrogen and oxygen atoms in total. The number of amides is 1. The van der Waals surface area contributed by atoms with Gasteiger partial charge in [-0.25, -0.2) is 9.79 Å². The maximum Gasteiger partial charge on any atom is 0.337 e. The standard InChI is InChI=1S/C20H23N3O4S/c1-13(2)22(12-15-5-4-10-27-15)8-9-23-18(24)16-7-6-14(19(25)26-3)11-17(16)21-20(23)28/h4-7,10-11,13,16H,8-9,12H2,1-3H3. The molecule has 1 aliphatic carbocycles. The molecular weight excluding hydrogens is 378 g/mol. The van der Waals surface area contributed by atoms with Gasteiger partial charge in [0.1, 0.15) is 5.76 Å². The van der Waals surface area contributed by atoms with Crippen molar-refractivity contribution in [3.8, 4) is 0 Å². The predicted octanol–water partition coefficient (Wildman–Crippen LogP) is 2.34. The van der Waals surface area contributed by atoms with Gasteiger partial charge in [0.2, 0.25) is 11.0 Å². The second-order valence-electron chi connectivity index (χ2n) is 6.88. The van der Waals surface area contributed by atoms with E-state index in [1.54, 1.807) is 24.5 Å². The predicted molar refractivity (Wildman–Crippen MR) is 109 cm³/mol. The lowest BCUT2D eigenvalue weighted by Gasteiger charge is -2.33. The fourth-order valence-corrected chi connectivity index (χ4v) is 3.43. The van der Waals surface area contributed by atoms with Gasteiger partial charge >= 0.3 is 5.97 Å². The molecule has 0 saturated heterocycles. The Kier molecular flexibility index (Phi) is 6.21.